The van der Waals surface area contributed by atoms with E-state index in [0.717, 1.165) is 22.4 Å². The largest absolute Gasteiger partial charge is 0.368 e. The lowest BCUT2D eigenvalue weighted by Gasteiger charge is -2.49. The fourth-order valence-electron chi connectivity index (χ4n) is 4.52. The van der Waals surface area contributed by atoms with Gasteiger partial charge in [-0.15, -0.1) is 11.8 Å². The maximum absolute atomic E-state index is 6.60. The summed E-state index contributed by atoms with van der Waals surface area (Å²) in [5, 5.41) is 0. The molecule has 2 heterocycles. The van der Waals surface area contributed by atoms with Gasteiger partial charge in [0.15, 0.2) is 6.29 Å². The molecule has 0 spiro atoms. The molecule has 5 rings (SSSR count). The molecule has 2 saturated heterocycles. The smallest absolute Gasteiger partial charge is 0.184 e. The standard InChI is InChI=1S/C29H32O5S/c1-2-35-29-27(31-19-22-14-8-4-9-15-22)26(30-18-21-12-6-3-7-13-21)25-24(33-29)20-32-28(34-25)23-16-10-5-11-17-23/h3-17,24-29H,2,18-20H2,1H3/t24-,25-,26+,27+,28?,29-/m1/s1. The first kappa shape index (κ1) is 24.5. The SMILES string of the molecule is CCS[C@H]1O[C@@H]2COC(c3ccccc3)O[C@H]2[C@H](OCc2ccccc2)[C@@H]1OCc1ccccc1. The van der Waals surface area contributed by atoms with E-state index in [1.165, 1.54) is 0 Å². The van der Waals surface area contributed by atoms with Gasteiger partial charge in [-0.25, -0.2) is 0 Å². The van der Waals surface area contributed by atoms with Crippen molar-refractivity contribution in [2.24, 2.45) is 0 Å². The lowest BCUT2D eigenvalue weighted by atomic mass is 9.98. The molecule has 2 aliphatic heterocycles. The van der Waals surface area contributed by atoms with Crippen LogP contribution in [0.25, 0.3) is 0 Å². The molecule has 35 heavy (non-hydrogen) atoms. The molecule has 0 amide bonds. The van der Waals surface area contributed by atoms with E-state index in [1.807, 2.05) is 66.7 Å². The Labute approximate surface area is 211 Å². The minimum absolute atomic E-state index is 0.175. The molecule has 0 saturated carbocycles. The minimum Gasteiger partial charge on any atom is -0.368 e. The normalized spacial score (nSPS) is 28.4. The first-order valence-electron chi connectivity index (χ1n) is 12.2. The molecule has 6 heteroatoms. The second-order valence-electron chi connectivity index (χ2n) is 8.70. The molecular formula is C29H32O5S. The van der Waals surface area contributed by atoms with Crippen LogP contribution in [-0.4, -0.2) is 42.2 Å². The van der Waals surface area contributed by atoms with Crippen LogP contribution in [0.3, 0.4) is 0 Å². The van der Waals surface area contributed by atoms with E-state index in [4.69, 9.17) is 23.7 Å². The number of hydrogen-bond donors (Lipinski definition) is 0. The maximum Gasteiger partial charge on any atom is 0.184 e. The number of ether oxygens (including phenoxy) is 5. The van der Waals surface area contributed by atoms with Gasteiger partial charge in [-0.2, -0.15) is 0 Å². The summed E-state index contributed by atoms with van der Waals surface area (Å²) in [5.41, 5.74) is 3.04. The van der Waals surface area contributed by atoms with Crippen molar-refractivity contribution in [3.63, 3.8) is 0 Å². The monoisotopic (exact) mass is 492 g/mol. The Morgan fingerprint density at radius 3 is 1.91 bits per heavy atom. The number of rotatable bonds is 9. The van der Waals surface area contributed by atoms with Gasteiger partial charge in [-0.05, 0) is 16.9 Å². The second-order valence-corrected chi connectivity index (χ2v) is 10.1. The van der Waals surface area contributed by atoms with Crippen molar-refractivity contribution in [2.75, 3.05) is 12.4 Å². The Morgan fingerprint density at radius 2 is 1.31 bits per heavy atom. The van der Waals surface area contributed by atoms with E-state index in [0.29, 0.717) is 19.8 Å². The van der Waals surface area contributed by atoms with Gasteiger partial charge in [0.2, 0.25) is 0 Å². The molecule has 1 unspecified atom stereocenters. The molecule has 2 aliphatic rings. The quantitative estimate of drug-likeness (QED) is 0.379. The molecule has 3 aromatic carbocycles. The molecule has 5 nitrogen and oxygen atoms in total. The van der Waals surface area contributed by atoms with Crippen LogP contribution in [0.1, 0.15) is 29.9 Å². The van der Waals surface area contributed by atoms with Crippen LogP contribution in [0.2, 0.25) is 0 Å². The summed E-state index contributed by atoms with van der Waals surface area (Å²) in [4.78, 5) is 0. The number of hydrogen-bond acceptors (Lipinski definition) is 6. The predicted molar refractivity (Wildman–Crippen MR) is 137 cm³/mol. The molecule has 6 atom stereocenters. The number of thioether (sulfide) groups is 1. The van der Waals surface area contributed by atoms with Crippen molar-refractivity contribution in [1.29, 1.82) is 0 Å². The summed E-state index contributed by atoms with van der Waals surface area (Å²) in [6.07, 6.45) is -1.60. The third-order valence-corrected chi connectivity index (χ3v) is 7.30. The van der Waals surface area contributed by atoms with Crippen molar-refractivity contribution in [3.05, 3.63) is 108 Å². The van der Waals surface area contributed by atoms with E-state index in [2.05, 4.69) is 31.2 Å². The second kappa shape index (κ2) is 12.2. The predicted octanol–water partition coefficient (Wildman–Crippen LogP) is 5.75. The highest BCUT2D eigenvalue weighted by atomic mass is 32.2. The average molecular weight is 493 g/mol. The summed E-state index contributed by atoms with van der Waals surface area (Å²) < 4.78 is 32.2. The van der Waals surface area contributed by atoms with Gasteiger partial charge in [-0.3, -0.25) is 0 Å². The molecule has 0 bridgehead atoms. The average Bonchev–Trinajstić information content (AvgIpc) is 2.92. The molecule has 2 fully saturated rings. The fourth-order valence-corrected chi connectivity index (χ4v) is 5.50. The third kappa shape index (κ3) is 6.15. The topological polar surface area (TPSA) is 46.2 Å². The highest BCUT2D eigenvalue weighted by Gasteiger charge is 2.51. The molecule has 3 aromatic rings. The molecule has 184 valence electrons. The van der Waals surface area contributed by atoms with Gasteiger partial charge in [0.25, 0.3) is 0 Å². The Morgan fingerprint density at radius 1 is 0.743 bits per heavy atom. The maximum atomic E-state index is 6.60. The summed E-state index contributed by atoms with van der Waals surface area (Å²) >= 11 is 1.74. The Kier molecular flexibility index (Phi) is 8.52. The van der Waals surface area contributed by atoms with Crippen molar-refractivity contribution in [3.8, 4) is 0 Å². The zero-order valence-corrected chi connectivity index (χ0v) is 20.7. The molecule has 0 radical (unpaired) electrons. The van der Waals surface area contributed by atoms with Crippen LogP contribution < -0.4 is 0 Å². The van der Waals surface area contributed by atoms with Gasteiger partial charge in [0.1, 0.15) is 29.9 Å². The first-order valence-corrected chi connectivity index (χ1v) is 13.3. The van der Waals surface area contributed by atoms with Gasteiger partial charge in [0, 0.05) is 5.56 Å². The van der Waals surface area contributed by atoms with E-state index in [-0.39, 0.29) is 29.9 Å². The van der Waals surface area contributed by atoms with Crippen molar-refractivity contribution >= 4 is 11.8 Å². The highest BCUT2D eigenvalue weighted by molar-refractivity contribution is 7.99. The van der Waals surface area contributed by atoms with Crippen molar-refractivity contribution in [1.82, 2.24) is 0 Å². The zero-order valence-electron chi connectivity index (χ0n) is 19.9. The van der Waals surface area contributed by atoms with Crippen LogP contribution in [0.4, 0.5) is 0 Å². The minimum atomic E-state index is -0.464. The van der Waals surface area contributed by atoms with Gasteiger partial charge in [-0.1, -0.05) is 97.9 Å². The Bertz CT molecular complexity index is 1020. The lowest BCUT2D eigenvalue weighted by molar-refractivity contribution is -0.329. The summed E-state index contributed by atoms with van der Waals surface area (Å²) in [6.45, 7) is 3.54. The summed E-state index contributed by atoms with van der Waals surface area (Å²) in [5.74, 6) is 0.910. The van der Waals surface area contributed by atoms with E-state index < -0.39 is 6.29 Å². The molecular weight excluding hydrogens is 460 g/mol. The molecule has 0 aliphatic carbocycles. The van der Waals surface area contributed by atoms with E-state index in [1.54, 1.807) is 11.8 Å². The van der Waals surface area contributed by atoms with Gasteiger partial charge in [0.05, 0.1) is 19.8 Å². The Balaban J connectivity index is 1.40. The van der Waals surface area contributed by atoms with Crippen LogP contribution in [0, 0.1) is 0 Å². The zero-order chi connectivity index (χ0) is 23.9. The highest BCUT2D eigenvalue weighted by Crippen LogP contribution is 2.39. The fraction of sp³-hybridized carbons (Fsp3) is 0.379. The van der Waals surface area contributed by atoms with Crippen molar-refractivity contribution < 1.29 is 23.7 Å². The van der Waals surface area contributed by atoms with Crippen LogP contribution in [0.15, 0.2) is 91.0 Å². The molecule has 0 N–H and O–H groups in total. The Hall–Kier alpha value is -2.19. The van der Waals surface area contributed by atoms with E-state index in [9.17, 15) is 0 Å². The summed E-state index contributed by atoms with van der Waals surface area (Å²) in [7, 11) is 0. The summed E-state index contributed by atoms with van der Waals surface area (Å²) in [6, 6.07) is 30.5. The van der Waals surface area contributed by atoms with Gasteiger partial charge >= 0.3 is 0 Å². The van der Waals surface area contributed by atoms with E-state index >= 15 is 0 Å². The molecule has 0 aromatic heterocycles. The van der Waals surface area contributed by atoms with Crippen LogP contribution in [0.5, 0.6) is 0 Å². The lowest BCUT2D eigenvalue weighted by Crippen LogP contribution is -2.62. The number of benzene rings is 3. The van der Waals surface area contributed by atoms with Crippen LogP contribution in [-0.2, 0) is 36.9 Å². The first-order chi connectivity index (χ1) is 17.3. The number of fused-ring (bicyclic) bond motifs is 1. The van der Waals surface area contributed by atoms with Gasteiger partial charge < -0.3 is 23.7 Å². The third-order valence-electron chi connectivity index (χ3n) is 6.26. The van der Waals surface area contributed by atoms with Crippen LogP contribution >= 0.6 is 11.8 Å². The van der Waals surface area contributed by atoms with Crippen molar-refractivity contribution in [2.45, 2.75) is 56.3 Å².